The molecule has 2 nitrogen and oxygen atoms in total. The first-order valence-corrected chi connectivity index (χ1v) is 8.16. The summed E-state index contributed by atoms with van der Waals surface area (Å²) in [5.41, 5.74) is 0.253. The van der Waals surface area contributed by atoms with Crippen LogP contribution < -0.4 is 0 Å². The molecule has 14 heavy (non-hydrogen) atoms. The molecular formula is C11H24O2Si. The predicted molar refractivity (Wildman–Crippen MR) is 63.1 cm³/mol. The number of hydrogen-bond acceptors (Lipinski definition) is 2. The van der Waals surface area contributed by atoms with Crippen molar-refractivity contribution in [3.05, 3.63) is 0 Å². The molecule has 0 aromatic carbocycles. The number of hydrogen-bond donors (Lipinski definition) is 0. The van der Waals surface area contributed by atoms with E-state index in [4.69, 9.17) is 4.43 Å². The Morgan fingerprint density at radius 2 is 1.86 bits per heavy atom. The molecule has 0 bridgehead atoms. The fraction of sp³-hybridized carbons (Fsp3) is 0.909. The minimum absolute atomic E-state index is 0.184. The van der Waals surface area contributed by atoms with Gasteiger partial charge in [0.05, 0.1) is 0 Å². The molecule has 0 aromatic heterocycles. The summed E-state index contributed by atoms with van der Waals surface area (Å²) in [6, 6.07) is 0. The molecule has 0 fully saturated rings. The number of carbonyl (C=O) groups excluding carboxylic acids is 1. The molecule has 0 amide bonds. The summed E-state index contributed by atoms with van der Waals surface area (Å²) in [5.74, 6) is 0.505. The van der Waals surface area contributed by atoms with Crippen LogP contribution in [0, 0.1) is 11.3 Å². The Bertz CT molecular complexity index is 173. The van der Waals surface area contributed by atoms with E-state index in [1.165, 1.54) is 0 Å². The van der Waals surface area contributed by atoms with Gasteiger partial charge in [0, 0.05) is 0 Å². The Kier molecular flexibility index (Phi) is 5.60. The van der Waals surface area contributed by atoms with Crippen LogP contribution in [0.4, 0.5) is 0 Å². The van der Waals surface area contributed by atoms with Crippen LogP contribution in [0.3, 0.4) is 0 Å². The SMILES string of the molecule is CC(CC(C=O)O[SiH](C)C)C(C)(C)C. The van der Waals surface area contributed by atoms with Crippen LogP contribution in [0.15, 0.2) is 0 Å². The van der Waals surface area contributed by atoms with Gasteiger partial charge in [-0.3, -0.25) is 0 Å². The highest BCUT2D eigenvalue weighted by Crippen LogP contribution is 2.29. The van der Waals surface area contributed by atoms with Gasteiger partial charge in [-0.2, -0.15) is 0 Å². The Morgan fingerprint density at radius 1 is 1.36 bits per heavy atom. The molecule has 0 aliphatic carbocycles. The summed E-state index contributed by atoms with van der Waals surface area (Å²) < 4.78 is 5.64. The van der Waals surface area contributed by atoms with Crippen LogP contribution in [-0.4, -0.2) is 21.4 Å². The van der Waals surface area contributed by atoms with E-state index in [9.17, 15) is 4.79 Å². The topological polar surface area (TPSA) is 26.3 Å². The first-order valence-electron chi connectivity index (χ1n) is 5.38. The first-order chi connectivity index (χ1) is 6.27. The second-order valence-electron chi connectivity index (χ2n) is 5.36. The number of carbonyl (C=O) groups is 1. The van der Waals surface area contributed by atoms with Crippen molar-refractivity contribution in [2.45, 2.75) is 53.3 Å². The van der Waals surface area contributed by atoms with Crippen molar-refractivity contribution in [3.63, 3.8) is 0 Å². The maximum atomic E-state index is 10.8. The van der Waals surface area contributed by atoms with Crippen LogP contribution in [0.1, 0.15) is 34.1 Å². The summed E-state index contributed by atoms with van der Waals surface area (Å²) in [7, 11) is -1.09. The molecule has 0 aromatic rings. The zero-order valence-corrected chi connectivity index (χ0v) is 11.5. The molecule has 84 valence electrons. The van der Waals surface area contributed by atoms with Crippen molar-refractivity contribution >= 4 is 15.3 Å². The fourth-order valence-electron chi connectivity index (χ4n) is 1.19. The molecule has 0 saturated carbocycles. The third-order valence-corrected chi connectivity index (χ3v) is 3.56. The zero-order valence-electron chi connectivity index (χ0n) is 10.3. The van der Waals surface area contributed by atoms with Crippen molar-refractivity contribution < 1.29 is 9.22 Å². The smallest absolute Gasteiger partial charge is 0.171 e. The average molecular weight is 216 g/mol. The monoisotopic (exact) mass is 216 g/mol. The molecule has 0 N–H and O–H groups in total. The molecule has 0 rings (SSSR count). The van der Waals surface area contributed by atoms with Gasteiger partial charge in [-0.1, -0.05) is 27.7 Å². The van der Waals surface area contributed by atoms with Gasteiger partial charge < -0.3 is 9.22 Å². The Balaban J connectivity index is 4.12. The average Bonchev–Trinajstić information content (AvgIpc) is 2.00. The predicted octanol–water partition coefficient (Wildman–Crippen LogP) is 2.63. The van der Waals surface area contributed by atoms with Crippen LogP contribution in [0.25, 0.3) is 0 Å². The van der Waals surface area contributed by atoms with Crippen molar-refractivity contribution in [1.29, 1.82) is 0 Å². The standard InChI is InChI=1S/C11H24O2Si/c1-9(11(2,3)4)7-10(8-12)13-14(5)6/h8-10,14H,7H2,1-6H3. The number of rotatable bonds is 5. The molecule has 0 spiro atoms. The lowest BCUT2D eigenvalue weighted by Gasteiger charge is -2.29. The first kappa shape index (κ1) is 13.8. The summed E-state index contributed by atoms with van der Waals surface area (Å²) in [6.45, 7) is 13.0. The fourth-order valence-corrected chi connectivity index (χ4v) is 2.07. The van der Waals surface area contributed by atoms with E-state index in [0.717, 1.165) is 12.7 Å². The highest BCUT2D eigenvalue weighted by molar-refractivity contribution is 6.48. The van der Waals surface area contributed by atoms with Gasteiger partial charge in [-0.25, -0.2) is 0 Å². The van der Waals surface area contributed by atoms with E-state index in [1.54, 1.807) is 0 Å². The molecule has 0 radical (unpaired) electrons. The third-order valence-electron chi connectivity index (χ3n) is 2.66. The Morgan fingerprint density at radius 3 is 2.14 bits per heavy atom. The zero-order chi connectivity index (χ0) is 11.4. The number of aldehydes is 1. The summed E-state index contributed by atoms with van der Waals surface area (Å²) >= 11 is 0. The lowest BCUT2D eigenvalue weighted by atomic mass is 9.79. The van der Waals surface area contributed by atoms with E-state index in [-0.39, 0.29) is 11.5 Å². The molecule has 2 atom stereocenters. The van der Waals surface area contributed by atoms with Crippen LogP contribution in [0.5, 0.6) is 0 Å². The third kappa shape index (κ3) is 5.55. The quantitative estimate of drug-likeness (QED) is 0.521. The molecule has 0 aliphatic rings. The molecule has 0 saturated heterocycles. The minimum Gasteiger partial charge on any atom is -0.411 e. The second kappa shape index (κ2) is 5.66. The summed E-state index contributed by atoms with van der Waals surface area (Å²) in [6.07, 6.45) is 1.61. The Labute approximate surface area is 89.8 Å². The molecule has 0 heterocycles. The molecule has 3 heteroatoms. The van der Waals surface area contributed by atoms with Crippen LogP contribution in [-0.2, 0) is 9.22 Å². The molecular weight excluding hydrogens is 192 g/mol. The second-order valence-corrected chi connectivity index (χ2v) is 7.73. The van der Waals surface area contributed by atoms with Gasteiger partial charge >= 0.3 is 0 Å². The van der Waals surface area contributed by atoms with E-state index >= 15 is 0 Å². The van der Waals surface area contributed by atoms with Crippen molar-refractivity contribution in [2.24, 2.45) is 11.3 Å². The largest absolute Gasteiger partial charge is 0.411 e. The normalized spacial score (nSPS) is 16.8. The van der Waals surface area contributed by atoms with E-state index in [2.05, 4.69) is 40.8 Å². The lowest BCUT2D eigenvalue weighted by molar-refractivity contribution is -0.114. The van der Waals surface area contributed by atoms with Crippen molar-refractivity contribution in [2.75, 3.05) is 0 Å². The van der Waals surface area contributed by atoms with Gasteiger partial charge in [-0.05, 0) is 30.8 Å². The van der Waals surface area contributed by atoms with E-state index < -0.39 is 9.04 Å². The Hall–Kier alpha value is -0.153. The summed E-state index contributed by atoms with van der Waals surface area (Å²) in [5, 5.41) is 0. The van der Waals surface area contributed by atoms with Gasteiger partial charge in [0.15, 0.2) is 9.04 Å². The van der Waals surface area contributed by atoms with Gasteiger partial charge in [0.25, 0.3) is 0 Å². The molecule has 0 aliphatic heterocycles. The van der Waals surface area contributed by atoms with E-state index in [1.807, 2.05) is 0 Å². The van der Waals surface area contributed by atoms with Crippen molar-refractivity contribution in [3.8, 4) is 0 Å². The van der Waals surface area contributed by atoms with Gasteiger partial charge in [-0.15, -0.1) is 0 Å². The van der Waals surface area contributed by atoms with Gasteiger partial charge in [0.1, 0.15) is 12.4 Å². The van der Waals surface area contributed by atoms with Crippen molar-refractivity contribution in [1.82, 2.24) is 0 Å². The highest BCUT2D eigenvalue weighted by Gasteiger charge is 2.24. The maximum absolute atomic E-state index is 10.8. The lowest BCUT2D eigenvalue weighted by Crippen LogP contribution is -2.28. The maximum Gasteiger partial charge on any atom is 0.171 e. The summed E-state index contributed by atoms with van der Waals surface area (Å²) in [4.78, 5) is 10.8. The van der Waals surface area contributed by atoms with E-state index in [0.29, 0.717) is 5.92 Å². The minimum atomic E-state index is -1.09. The van der Waals surface area contributed by atoms with Crippen LogP contribution >= 0.6 is 0 Å². The van der Waals surface area contributed by atoms with Crippen LogP contribution in [0.2, 0.25) is 13.1 Å². The molecule has 2 unspecified atom stereocenters. The van der Waals surface area contributed by atoms with Gasteiger partial charge in [0.2, 0.25) is 0 Å². The highest BCUT2D eigenvalue weighted by atomic mass is 28.3.